The van der Waals surface area contributed by atoms with Gasteiger partial charge >= 0.3 is 0 Å². The number of fused-ring (bicyclic) bond motifs is 1. The summed E-state index contributed by atoms with van der Waals surface area (Å²) < 4.78 is 12.1. The van der Waals surface area contributed by atoms with Crippen LogP contribution in [0.1, 0.15) is 79.6 Å². The fraction of sp³-hybridized carbons (Fsp3) is 0.438. The SMILES string of the molecule is Cc1ccc(-c2nc(C(C)(O)CCC(=O)c3ccc(OC4CC4)c(OC4CC4)c3)cc3c2NCC3(C)N)cc1. The molecule has 0 amide bonds. The predicted octanol–water partition coefficient (Wildman–Crippen LogP) is 5.61. The van der Waals surface area contributed by atoms with E-state index >= 15 is 0 Å². The summed E-state index contributed by atoms with van der Waals surface area (Å²) in [7, 11) is 0. The van der Waals surface area contributed by atoms with Crippen molar-refractivity contribution in [1.82, 2.24) is 4.98 Å². The lowest BCUT2D eigenvalue weighted by Gasteiger charge is -2.26. The van der Waals surface area contributed by atoms with E-state index in [0.29, 0.717) is 29.3 Å². The number of nitrogens with one attached hydrogen (secondary N) is 1. The van der Waals surface area contributed by atoms with Crippen molar-refractivity contribution in [2.75, 3.05) is 11.9 Å². The number of Topliss-reactive ketones (excluding diaryl/α,β-unsaturated/α-hetero) is 1. The van der Waals surface area contributed by atoms with Gasteiger partial charge in [0.2, 0.25) is 0 Å². The van der Waals surface area contributed by atoms with Gasteiger partial charge in [0.1, 0.15) is 5.60 Å². The molecule has 3 aliphatic rings. The molecule has 7 nitrogen and oxygen atoms in total. The number of aliphatic hydroxyl groups is 1. The lowest BCUT2D eigenvalue weighted by Crippen LogP contribution is -2.35. The molecular formula is C32H37N3O4. The molecule has 2 unspecified atom stereocenters. The number of pyridine rings is 1. The van der Waals surface area contributed by atoms with Gasteiger partial charge in [-0.3, -0.25) is 4.79 Å². The number of nitrogens with zero attached hydrogens (tertiary/aromatic N) is 1. The molecule has 2 aliphatic carbocycles. The summed E-state index contributed by atoms with van der Waals surface area (Å²) in [5.74, 6) is 1.29. The van der Waals surface area contributed by atoms with Gasteiger partial charge in [-0.25, -0.2) is 4.98 Å². The van der Waals surface area contributed by atoms with Gasteiger partial charge in [0.05, 0.1) is 34.8 Å². The van der Waals surface area contributed by atoms with Crippen LogP contribution in [-0.4, -0.2) is 34.6 Å². The number of hydrogen-bond acceptors (Lipinski definition) is 7. The lowest BCUT2D eigenvalue weighted by atomic mass is 9.88. The standard InChI is InChI=1S/C32H37N3O4/c1-19-4-6-20(7-5-19)29-30-24(31(2,33)18-34-30)17-28(35-29)32(3,37)15-14-25(36)21-8-13-26(38-22-9-10-22)27(16-21)39-23-11-12-23/h4-8,13,16-17,22-23,34,37H,9-12,14-15,18,33H2,1-3H3. The Bertz CT molecular complexity index is 1410. The second-order valence-corrected chi connectivity index (χ2v) is 11.9. The topological polar surface area (TPSA) is 107 Å². The molecule has 0 saturated heterocycles. The molecule has 204 valence electrons. The molecule has 39 heavy (non-hydrogen) atoms. The lowest BCUT2D eigenvalue weighted by molar-refractivity contribution is 0.0397. The quantitative estimate of drug-likeness (QED) is 0.294. The average molecular weight is 528 g/mol. The molecule has 1 aromatic heterocycles. The van der Waals surface area contributed by atoms with Crippen LogP contribution in [0, 0.1) is 6.92 Å². The highest BCUT2D eigenvalue weighted by Gasteiger charge is 2.37. The molecule has 2 saturated carbocycles. The van der Waals surface area contributed by atoms with E-state index in [1.54, 1.807) is 19.1 Å². The first-order valence-corrected chi connectivity index (χ1v) is 14.0. The minimum atomic E-state index is -1.33. The largest absolute Gasteiger partial charge is 0.487 e. The first-order valence-electron chi connectivity index (χ1n) is 14.0. The molecule has 4 N–H and O–H groups in total. The molecule has 3 aromatic rings. The molecule has 0 radical (unpaired) electrons. The van der Waals surface area contributed by atoms with Gasteiger partial charge in [-0.1, -0.05) is 29.8 Å². The van der Waals surface area contributed by atoms with E-state index in [1.807, 2.05) is 50.2 Å². The third-order valence-electron chi connectivity index (χ3n) is 7.88. The third-order valence-corrected chi connectivity index (χ3v) is 7.88. The van der Waals surface area contributed by atoms with Crippen LogP contribution in [-0.2, 0) is 11.1 Å². The second-order valence-electron chi connectivity index (χ2n) is 11.9. The van der Waals surface area contributed by atoms with Crippen molar-refractivity contribution in [2.45, 2.75) is 82.6 Å². The molecular weight excluding hydrogens is 490 g/mol. The molecule has 0 bridgehead atoms. The van der Waals surface area contributed by atoms with E-state index in [4.69, 9.17) is 20.2 Å². The van der Waals surface area contributed by atoms with Gasteiger partial charge in [-0.2, -0.15) is 0 Å². The predicted molar refractivity (Wildman–Crippen MR) is 151 cm³/mol. The number of aryl methyl sites for hydroxylation is 1. The summed E-state index contributed by atoms with van der Waals surface area (Å²) in [6.45, 7) is 6.32. The minimum absolute atomic E-state index is 0.0564. The van der Waals surface area contributed by atoms with Gasteiger partial charge in [0.15, 0.2) is 17.3 Å². The maximum absolute atomic E-state index is 13.3. The van der Waals surface area contributed by atoms with Crippen LogP contribution in [0.4, 0.5) is 5.69 Å². The Morgan fingerprint density at radius 2 is 1.74 bits per heavy atom. The summed E-state index contributed by atoms with van der Waals surface area (Å²) in [6.07, 6.45) is 5.00. The molecule has 0 spiro atoms. The number of aromatic nitrogens is 1. The number of rotatable bonds is 10. The highest BCUT2D eigenvalue weighted by atomic mass is 16.5. The number of carbonyl (C=O) groups is 1. The van der Waals surface area contributed by atoms with Crippen LogP contribution in [0.25, 0.3) is 11.3 Å². The highest BCUT2D eigenvalue weighted by Crippen LogP contribution is 2.42. The Kier molecular flexibility index (Phi) is 6.39. The van der Waals surface area contributed by atoms with Gasteiger partial charge in [-0.05, 0) is 77.1 Å². The monoisotopic (exact) mass is 527 g/mol. The van der Waals surface area contributed by atoms with E-state index in [2.05, 4.69) is 5.32 Å². The van der Waals surface area contributed by atoms with Crippen LogP contribution < -0.4 is 20.5 Å². The molecule has 7 heteroatoms. The van der Waals surface area contributed by atoms with Crippen molar-refractivity contribution >= 4 is 11.5 Å². The van der Waals surface area contributed by atoms with Crippen LogP contribution in [0.2, 0.25) is 0 Å². The molecule has 6 rings (SSSR count). The number of nitrogens with two attached hydrogens (primary N) is 1. The fourth-order valence-electron chi connectivity index (χ4n) is 4.97. The highest BCUT2D eigenvalue weighted by molar-refractivity contribution is 5.96. The number of hydrogen-bond donors (Lipinski definition) is 3. The number of carbonyl (C=O) groups excluding carboxylic acids is 1. The molecule has 1 aliphatic heterocycles. The molecule has 2 fully saturated rings. The first-order chi connectivity index (χ1) is 18.6. The summed E-state index contributed by atoms with van der Waals surface area (Å²) in [4.78, 5) is 18.2. The average Bonchev–Trinajstić information content (AvgIpc) is 3.84. The zero-order valence-corrected chi connectivity index (χ0v) is 22.9. The van der Waals surface area contributed by atoms with Crippen molar-refractivity contribution < 1.29 is 19.4 Å². The Morgan fingerprint density at radius 3 is 2.41 bits per heavy atom. The molecule has 2 aromatic carbocycles. The zero-order chi connectivity index (χ0) is 27.4. The summed E-state index contributed by atoms with van der Waals surface area (Å²) >= 11 is 0. The molecule has 2 heterocycles. The number of ether oxygens (including phenoxy) is 2. The van der Waals surface area contributed by atoms with Crippen molar-refractivity contribution in [3.63, 3.8) is 0 Å². The fourth-order valence-corrected chi connectivity index (χ4v) is 4.97. The maximum atomic E-state index is 13.3. The summed E-state index contributed by atoms with van der Waals surface area (Å²) in [5.41, 5.74) is 10.5. The summed E-state index contributed by atoms with van der Waals surface area (Å²) in [5, 5.41) is 15.0. The smallest absolute Gasteiger partial charge is 0.163 e. The van der Waals surface area contributed by atoms with Crippen molar-refractivity contribution in [3.05, 3.63) is 70.9 Å². The van der Waals surface area contributed by atoms with Gasteiger partial charge in [0, 0.05) is 29.7 Å². The summed E-state index contributed by atoms with van der Waals surface area (Å²) in [6, 6.07) is 15.5. The van der Waals surface area contributed by atoms with Crippen molar-refractivity contribution in [2.24, 2.45) is 5.73 Å². The van der Waals surface area contributed by atoms with Crippen molar-refractivity contribution in [3.8, 4) is 22.8 Å². The Morgan fingerprint density at radius 1 is 1.08 bits per heavy atom. The number of anilines is 1. The van der Waals surface area contributed by atoms with Gasteiger partial charge < -0.3 is 25.6 Å². The van der Waals surface area contributed by atoms with E-state index < -0.39 is 11.1 Å². The number of benzene rings is 2. The van der Waals surface area contributed by atoms with Crippen LogP contribution in [0.5, 0.6) is 11.5 Å². The van der Waals surface area contributed by atoms with Gasteiger partial charge in [-0.15, -0.1) is 0 Å². The Balaban J connectivity index is 1.24. The Labute approximate surface area is 229 Å². The van der Waals surface area contributed by atoms with E-state index in [9.17, 15) is 9.90 Å². The maximum Gasteiger partial charge on any atom is 0.163 e. The normalized spacial score (nSPS) is 21.6. The minimum Gasteiger partial charge on any atom is -0.487 e. The number of ketones is 1. The second kappa shape index (κ2) is 9.65. The van der Waals surface area contributed by atoms with E-state index in [-0.39, 0.29) is 30.8 Å². The molecule has 2 atom stereocenters. The van der Waals surface area contributed by atoms with Crippen LogP contribution in [0.3, 0.4) is 0 Å². The third kappa shape index (κ3) is 5.52. The Hall–Kier alpha value is -3.42. The van der Waals surface area contributed by atoms with Crippen LogP contribution in [0.15, 0.2) is 48.5 Å². The van der Waals surface area contributed by atoms with Crippen LogP contribution >= 0.6 is 0 Å². The first kappa shape index (κ1) is 25.8. The van der Waals surface area contributed by atoms with E-state index in [0.717, 1.165) is 53.8 Å². The zero-order valence-electron chi connectivity index (χ0n) is 22.9. The van der Waals surface area contributed by atoms with E-state index in [1.165, 1.54) is 0 Å². The van der Waals surface area contributed by atoms with Gasteiger partial charge in [0.25, 0.3) is 0 Å². The van der Waals surface area contributed by atoms with Crippen molar-refractivity contribution in [1.29, 1.82) is 0 Å².